The molecule has 1 aromatic rings. The second kappa shape index (κ2) is 3.51. The molecule has 0 amide bonds. The van der Waals surface area contributed by atoms with Crippen LogP contribution in [-0.2, 0) is 0 Å². The van der Waals surface area contributed by atoms with Crippen molar-refractivity contribution in [3.63, 3.8) is 0 Å². The van der Waals surface area contributed by atoms with Gasteiger partial charge in [0.05, 0.1) is 0 Å². The molecule has 1 aliphatic carbocycles. The maximum absolute atomic E-state index is 9.07. The van der Waals surface area contributed by atoms with Gasteiger partial charge in [0.25, 0.3) is 0 Å². The predicted molar refractivity (Wildman–Crippen MR) is 53.7 cm³/mol. The van der Waals surface area contributed by atoms with Gasteiger partial charge in [0.1, 0.15) is 0 Å². The van der Waals surface area contributed by atoms with Gasteiger partial charge in [0.2, 0.25) is 0 Å². The Morgan fingerprint density at radius 2 is 1.92 bits per heavy atom. The van der Waals surface area contributed by atoms with Gasteiger partial charge in [-0.2, -0.15) is 0 Å². The van der Waals surface area contributed by atoms with Gasteiger partial charge < -0.3 is 5.11 Å². The third-order valence-corrected chi connectivity index (χ3v) is 3.16. The van der Waals surface area contributed by atoms with Crippen LogP contribution in [0.1, 0.15) is 29.9 Å². The molecule has 0 spiro atoms. The highest BCUT2D eigenvalue weighted by molar-refractivity contribution is 5.26. The molecule has 70 valence electrons. The Morgan fingerprint density at radius 3 is 2.38 bits per heavy atom. The van der Waals surface area contributed by atoms with Crippen molar-refractivity contribution >= 4 is 0 Å². The molecule has 1 fully saturated rings. The topological polar surface area (TPSA) is 20.2 Å². The van der Waals surface area contributed by atoms with Crippen LogP contribution in [0.25, 0.3) is 0 Å². The van der Waals surface area contributed by atoms with Gasteiger partial charge in [-0.3, -0.25) is 0 Å². The van der Waals surface area contributed by atoms with Gasteiger partial charge in [-0.05, 0) is 37.2 Å². The largest absolute Gasteiger partial charge is 0.396 e. The number of aliphatic hydroxyl groups is 1. The Morgan fingerprint density at radius 1 is 1.23 bits per heavy atom. The number of benzene rings is 1. The van der Waals surface area contributed by atoms with Crippen LogP contribution in [0.15, 0.2) is 24.3 Å². The van der Waals surface area contributed by atoms with Gasteiger partial charge in [-0.1, -0.05) is 29.8 Å². The molecule has 0 radical (unpaired) electrons. The fourth-order valence-corrected chi connectivity index (χ4v) is 2.04. The second-order valence-corrected chi connectivity index (χ2v) is 4.04. The summed E-state index contributed by atoms with van der Waals surface area (Å²) in [6.45, 7) is 2.45. The molecule has 1 saturated carbocycles. The van der Waals surface area contributed by atoms with Crippen molar-refractivity contribution in [2.24, 2.45) is 5.92 Å². The minimum atomic E-state index is 0.346. The van der Waals surface area contributed by atoms with Crippen molar-refractivity contribution < 1.29 is 5.11 Å². The van der Waals surface area contributed by atoms with Crippen molar-refractivity contribution in [1.29, 1.82) is 0 Å². The van der Waals surface area contributed by atoms with E-state index in [2.05, 4.69) is 31.2 Å². The quantitative estimate of drug-likeness (QED) is 0.734. The standard InChI is InChI=1S/C12H16O/c1-9-2-4-10(5-3-9)12-7-6-11(12)8-13/h2-5,11-13H,6-8H2,1H3. The fraction of sp³-hybridized carbons (Fsp3) is 0.500. The van der Waals surface area contributed by atoms with E-state index in [1.807, 2.05) is 0 Å². The summed E-state index contributed by atoms with van der Waals surface area (Å²) < 4.78 is 0. The number of hydrogen-bond acceptors (Lipinski definition) is 1. The molecule has 1 aromatic carbocycles. The van der Waals surface area contributed by atoms with Crippen LogP contribution < -0.4 is 0 Å². The lowest BCUT2D eigenvalue weighted by Crippen LogP contribution is -2.26. The van der Waals surface area contributed by atoms with Crippen molar-refractivity contribution in [2.45, 2.75) is 25.7 Å². The normalized spacial score (nSPS) is 26.9. The maximum Gasteiger partial charge on any atom is 0.0465 e. The molecule has 0 bridgehead atoms. The molecule has 1 N–H and O–H groups in total. The van der Waals surface area contributed by atoms with E-state index < -0.39 is 0 Å². The molecule has 2 atom stereocenters. The molecule has 2 rings (SSSR count). The average molecular weight is 176 g/mol. The van der Waals surface area contributed by atoms with E-state index in [1.54, 1.807) is 0 Å². The number of aliphatic hydroxyl groups excluding tert-OH is 1. The lowest BCUT2D eigenvalue weighted by atomic mass is 9.70. The molecule has 1 nitrogen and oxygen atoms in total. The van der Waals surface area contributed by atoms with E-state index in [4.69, 9.17) is 5.11 Å². The smallest absolute Gasteiger partial charge is 0.0465 e. The predicted octanol–water partition coefficient (Wildman–Crippen LogP) is 2.48. The summed E-state index contributed by atoms with van der Waals surface area (Å²) in [7, 11) is 0. The highest BCUT2D eigenvalue weighted by Gasteiger charge is 2.30. The SMILES string of the molecule is Cc1ccc(C2CCC2CO)cc1. The van der Waals surface area contributed by atoms with Crippen LogP contribution in [-0.4, -0.2) is 11.7 Å². The number of aryl methyl sites for hydroxylation is 1. The zero-order valence-corrected chi connectivity index (χ0v) is 8.03. The zero-order valence-electron chi connectivity index (χ0n) is 8.03. The van der Waals surface area contributed by atoms with Crippen LogP contribution in [0.5, 0.6) is 0 Å². The van der Waals surface area contributed by atoms with Crippen LogP contribution in [0, 0.1) is 12.8 Å². The summed E-state index contributed by atoms with van der Waals surface area (Å²) in [6, 6.07) is 8.70. The minimum Gasteiger partial charge on any atom is -0.396 e. The van der Waals surface area contributed by atoms with Gasteiger partial charge in [-0.15, -0.1) is 0 Å². The van der Waals surface area contributed by atoms with Crippen molar-refractivity contribution in [3.8, 4) is 0 Å². The van der Waals surface area contributed by atoms with Crippen LogP contribution in [0.2, 0.25) is 0 Å². The monoisotopic (exact) mass is 176 g/mol. The summed E-state index contributed by atoms with van der Waals surface area (Å²) in [5.41, 5.74) is 2.71. The Bertz CT molecular complexity index is 274. The van der Waals surface area contributed by atoms with Crippen LogP contribution >= 0.6 is 0 Å². The van der Waals surface area contributed by atoms with Crippen molar-refractivity contribution in [3.05, 3.63) is 35.4 Å². The molecule has 0 saturated heterocycles. The number of rotatable bonds is 2. The molecule has 1 heteroatoms. The van der Waals surface area contributed by atoms with Gasteiger partial charge in [0.15, 0.2) is 0 Å². The van der Waals surface area contributed by atoms with E-state index >= 15 is 0 Å². The first-order chi connectivity index (χ1) is 6.31. The number of hydrogen-bond donors (Lipinski definition) is 1. The zero-order chi connectivity index (χ0) is 9.26. The Labute approximate surface area is 79.4 Å². The molecular weight excluding hydrogens is 160 g/mol. The Kier molecular flexibility index (Phi) is 2.36. The average Bonchev–Trinajstić information content (AvgIpc) is 2.08. The van der Waals surface area contributed by atoms with Crippen LogP contribution in [0.4, 0.5) is 0 Å². The molecule has 0 heterocycles. The second-order valence-electron chi connectivity index (χ2n) is 4.04. The first kappa shape index (κ1) is 8.76. The fourth-order valence-electron chi connectivity index (χ4n) is 2.04. The summed E-state index contributed by atoms with van der Waals surface area (Å²) in [5.74, 6) is 1.13. The van der Waals surface area contributed by atoms with E-state index in [1.165, 1.54) is 24.0 Å². The molecule has 13 heavy (non-hydrogen) atoms. The van der Waals surface area contributed by atoms with Gasteiger partial charge >= 0.3 is 0 Å². The first-order valence-corrected chi connectivity index (χ1v) is 4.98. The molecular formula is C12H16O. The Balaban J connectivity index is 2.12. The molecule has 1 aliphatic rings. The third-order valence-electron chi connectivity index (χ3n) is 3.16. The molecule has 0 aliphatic heterocycles. The van der Waals surface area contributed by atoms with E-state index in [0.717, 1.165) is 0 Å². The third kappa shape index (κ3) is 1.61. The summed E-state index contributed by atoms with van der Waals surface area (Å²) in [6.07, 6.45) is 2.43. The van der Waals surface area contributed by atoms with Crippen molar-refractivity contribution in [1.82, 2.24) is 0 Å². The van der Waals surface area contributed by atoms with Crippen molar-refractivity contribution in [2.75, 3.05) is 6.61 Å². The van der Waals surface area contributed by atoms with E-state index in [9.17, 15) is 0 Å². The summed E-state index contributed by atoms with van der Waals surface area (Å²) in [5, 5.41) is 9.07. The highest BCUT2D eigenvalue weighted by Crippen LogP contribution is 2.41. The van der Waals surface area contributed by atoms with Gasteiger partial charge in [0, 0.05) is 6.61 Å². The lowest BCUT2D eigenvalue weighted by Gasteiger charge is -2.35. The summed E-state index contributed by atoms with van der Waals surface area (Å²) in [4.78, 5) is 0. The van der Waals surface area contributed by atoms with E-state index in [-0.39, 0.29) is 0 Å². The van der Waals surface area contributed by atoms with Gasteiger partial charge in [-0.25, -0.2) is 0 Å². The minimum absolute atomic E-state index is 0.346. The van der Waals surface area contributed by atoms with Crippen LogP contribution in [0.3, 0.4) is 0 Å². The lowest BCUT2D eigenvalue weighted by molar-refractivity contribution is 0.135. The molecule has 2 unspecified atom stereocenters. The summed E-state index contributed by atoms with van der Waals surface area (Å²) >= 11 is 0. The maximum atomic E-state index is 9.07. The molecule has 0 aromatic heterocycles. The first-order valence-electron chi connectivity index (χ1n) is 4.98. The highest BCUT2D eigenvalue weighted by atomic mass is 16.3. The Hall–Kier alpha value is -0.820. The van der Waals surface area contributed by atoms with E-state index in [0.29, 0.717) is 18.4 Å².